The molecule has 0 spiro atoms. The van der Waals surface area contributed by atoms with E-state index in [1.54, 1.807) is 13.2 Å². The van der Waals surface area contributed by atoms with Gasteiger partial charge in [0, 0.05) is 16.1 Å². The zero-order chi connectivity index (χ0) is 12.4. The molecule has 0 heterocycles. The van der Waals surface area contributed by atoms with Gasteiger partial charge in [0.05, 0.1) is 12.1 Å². The summed E-state index contributed by atoms with van der Waals surface area (Å²) in [5, 5.41) is 1.26. The van der Waals surface area contributed by atoms with E-state index in [9.17, 15) is 0 Å². The molecule has 0 aromatic heterocycles. The zero-order valence-electron chi connectivity index (χ0n) is 9.63. The van der Waals surface area contributed by atoms with Gasteiger partial charge in [-0.1, -0.05) is 40.9 Å². The number of ether oxygens (including phenoxy) is 1. The molecular weight excluding hydrogens is 255 g/mol. The minimum atomic E-state index is 0.626. The number of hydrogen-bond donors (Lipinski definition) is 0. The predicted octanol–water partition coefficient (Wildman–Crippen LogP) is 4.98. The predicted molar refractivity (Wildman–Crippen MR) is 73.2 cm³/mol. The van der Waals surface area contributed by atoms with Crippen molar-refractivity contribution in [1.29, 1.82) is 0 Å². The first-order valence-electron chi connectivity index (χ1n) is 5.22. The van der Waals surface area contributed by atoms with Crippen LogP contribution < -0.4 is 4.74 Å². The molecule has 0 N–H and O–H groups in total. The molecule has 1 nitrogen and oxygen atoms in total. The van der Waals surface area contributed by atoms with Gasteiger partial charge in [-0.25, -0.2) is 0 Å². The minimum Gasteiger partial charge on any atom is -0.496 e. The van der Waals surface area contributed by atoms with Crippen molar-refractivity contribution < 1.29 is 4.74 Å². The van der Waals surface area contributed by atoms with Crippen LogP contribution in [0, 0.1) is 6.92 Å². The molecule has 0 amide bonds. The highest BCUT2D eigenvalue weighted by Gasteiger charge is 2.09. The lowest BCUT2D eigenvalue weighted by molar-refractivity contribution is 0.416. The molecular formula is C14H12Cl2O. The van der Waals surface area contributed by atoms with Crippen LogP contribution in [0.15, 0.2) is 36.4 Å². The Balaban J connectivity index is 2.62. The molecule has 0 aliphatic rings. The SMILES string of the molecule is COc1ccc(C)cc1-c1ccc(Cl)cc1Cl. The van der Waals surface area contributed by atoms with Gasteiger partial charge in [0.1, 0.15) is 5.75 Å². The van der Waals surface area contributed by atoms with Gasteiger partial charge >= 0.3 is 0 Å². The maximum atomic E-state index is 6.21. The molecule has 2 aromatic rings. The average molecular weight is 267 g/mol. The number of aryl methyl sites for hydroxylation is 1. The van der Waals surface area contributed by atoms with Crippen LogP contribution in [0.25, 0.3) is 11.1 Å². The average Bonchev–Trinajstić information content (AvgIpc) is 2.29. The van der Waals surface area contributed by atoms with Crippen molar-refractivity contribution in [2.24, 2.45) is 0 Å². The highest BCUT2D eigenvalue weighted by atomic mass is 35.5. The van der Waals surface area contributed by atoms with Gasteiger partial charge in [0.2, 0.25) is 0 Å². The molecule has 3 heteroatoms. The quantitative estimate of drug-likeness (QED) is 0.745. The number of methoxy groups -OCH3 is 1. The summed E-state index contributed by atoms with van der Waals surface area (Å²) in [5.74, 6) is 0.805. The van der Waals surface area contributed by atoms with E-state index in [2.05, 4.69) is 0 Å². The smallest absolute Gasteiger partial charge is 0.126 e. The van der Waals surface area contributed by atoms with Crippen LogP contribution >= 0.6 is 23.2 Å². The number of benzene rings is 2. The van der Waals surface area contributed by atoms with Crippen molar-refractivity contribution in [2.75, 3.05) is 7.11 Å². The number of halogens is 2. The first-order valence-corrected chi connectivity index (χ1v) is 5.97. The summed E-state index contributed by atoms with van der Waals surface area (Å²) in [7, 11) is 1.65. The molecule has 0 saturated heterocycles. The second kappa shape index (κ2) is 4.99. The number of rotatable bonds is 2. The Hall–Kier alpha value is -1.18. The summed E-state index contributed by atoms with van der Waals surface area (Å²) in [6.07, 6.45) is 0. The van der Waals surface area contributed by atoms with Crippen molar-refractivity contribution in [1.82, 2.24) is 0 Å². The van der Waals surface area contributed by atoms with Gasteiger partial charge in [-0.3, -0.25) is 0 Å². The Labute approximate surface area is 111 Å². The van der Waals surface area contributed by atoms with Crippen LogP contribution in [0.1, 0.15) is 5.56 Å². The first kappa shape index (κ1) is 12.3. The summed E-state index contributed by atoms with van der Waals surface area (Å²) in [5.41, 5.74) is 3.07. The fourth-order valence-electron chi connectivity index (χ4n) is 1.74. The van der Waals surface area contributed by atoms with E-state index in [-0.39, 0.29) is 0 Å². The molecule has 2 rings (SSSR count). The Bertz CT molecular complexity index is 550. The summed E-state index contributed by atoms with van der Waals surface area (Å²) >= 11 is 12.1. The third-order valence-corrected chi connectivity index (χ3v) is 3.12. The summed E-state index contributed by atoms with van der Waals surface area (Å²) in [4.78, 5) is 0. The highest BCUT2D eigenvalue weighted by molar-refractivity contribution is 6.36. The van der Waals surface area contributed by atoms with Crippen molar-refractivity contribution >= 4 is 23.2 Å². The van der Waals surface area contributed by atoms with Crippen LogP contribution in [-0.2, 0) is 0 Å². The van der Waals surface area contributed by atoms with Crippen LogP contribution in [0.5, 0.6) is 5.75 Å². The molecule has 17 heavy (non-hydrogen) atoms. The van der Waals surface area contributed by atoms with Gasteiger partial charge in [-0.05, 0) is 31.2 Å². The lowest BCUT2D eigenvalue weighted by Crippen LogP contribution is -1.89. The summed E-state index contributed by atoms with van der Waals surface area (Å²) in [6.45, 7) is 2.03. The van der Waals surface area contributed by atoms with Crippen molar-refractivity contribution in [3.63, 3.8) is 0 Å². The summed E-state index contributed by atoms with van der Waals surface area (Å²) in [6, 6.07) is 11.5. The largest absolute Gasteiger partial charge is 0.496 e. The van der Waals surface area contributed by atoms with E-state index in [0.717, 1.165) is 22.4 Å². The molecule has 0 radical (unpaired) electrons. The first-order chi connectivity index (χ1) is 8.11. The summed E-state index contributed by atoms with van der Waals surface area (Å²) < 4.78 is 5.35. The van der Waals surface area contributed by atoms with Gasteiger partial charge in [0.15, 0.2) is 0 Å². The topological polar surface area (TPSA) is 9.23 Å². The van der Waals surface area contributed by atoms with E-state index in [1.807, 2.05) is 37.3 Å². The van der Waals surface area contributed by atoms with E-state index >= 15 is 0 Å². The van der Waals surface area contributed by atoms with Crippen LogP contribution in [0.2, 0.25) is 10.0 Å². The monoisotopic (exact) mass is 266 g/mol. The van der Waals surface area contributed by atoms with Crippen LogP contribution in [0.3, 0.4) is 0 Å². The van der Waals surface area contributed by atoms with Crippen molar-refractivity contribution in [3.8, 4) is 16.9 Å². The lowest BCUT2D eigenvalue weighted by Gasteiger charge is -2.11. The van der Waals surface area contributed by atoms with Crippen molar-refractivity contribution in [2.45, 2.75) is 6.92 Å². The van der Waals surface area contributed by atoms with E-state index < -0.39 is 0 Å². The maximum Gasteiger partial charge on any atom is 0.126 e. The molecule has 0 atom stereocenters. The third kappa shape index (κ3) is 2.56. The Kier molecular flexibility index (Phi) is 3.60. The maximum absolute atomic E-state index is 6.21. The zero-order valence-corrected chi connectivity index (χ0v) is 11.1. The molecule has 0 fully saturated rings. The Morgan fingerprint density at radius 2 is 1.71 bits per heavy atom. The highest BCUT2D eigenvalue weighted by Crippen LogP contribution is 2.36. The fraction of sp³-hybridized carbons (Fsp3) is 0.143. The molecule has 0 aliphatic heterocycles. The second-order valence-corrected chi connectivity index (χ2v) is 4.67. The van der Waals surface area contributed by atoms with Crippen molar-refractivity contribution in [3.05, 3.63) is 52.0 Å². The number of hydrogen-bond acceptors (Lipinski definition) is 1. The molecule has 0 saturated carbocycles. The molecule has 0 unspecified atom stereocenters. The van der Waals surface area contributed by atoms with E-state index in [4.69, 9.17) is 27.9 Å². The van der Waals surface area contributed by atoms with Gasteiger partial charge < -0.3 is 4.74 Å². The van der Waals surface area contributed by atoms with Gasteiger partial charge in [-0.15, -0.1) is 0 Å². The third-order valence-electron chi connectivity index (χ3n) is 2.58. The minimum absolute atomic E-state index is 0.626. The Morgan fingerprint density at radius 1 is 0.941 bits per heavy atom. The van der Waals surface area contributed by atoms with Gasteiger partial charge in [0.25, 0.3) is 0 Å². The molecule has 0 bridgehead atoms. The van der Waals surface area contributed by atoms with Crippen LogP contribution in [-0.4, -0.2) is 7.11 Å². The van der Waals surface area contributed by atoms with E-state index in [0.29, 0.717) is 10.0 Å². The lowest BCUT2D eigenvalue weighted by atomic mass is 10.0. The molecule has 2 aromatic carbocycles. The molecule has 88 valence electrons. The Morgan fingerprint density at radius 3 is 2.35 bits per heavy atom. The fourth-order valence-corrected chi connectivity index (χ4v) is 2.25. The molecule has 0 aliphatic carbocycles. The standard InChI is InChI=1S/C14H12Cl2O/c1-9-3-6-14(17-2)12(7-9)11-5-4-10(15)8-13(11)16/h3-8H,1-2H3. The normalized spacial score (nSPS) is 10.4. The second-order valence-electron chi connectivity index (χ2n) is 3.83. The van der Waals surface area contributed by atoms with E-state index in [1.165, 1.54) is 0 Å². The van der Waals surface area contributed by atoms with Crippen LogP contribution in [0.4, 0.5) is 0 Å². The van der Waals surface area contributed by atoms with Gasteiger partial charge in [-0.2, -0.15) is 0 Å².